The number of alkyl halides is 3. The summed E-state index contributed by atoms with van der Waals surface area (Å²) in [6, 6.07) is 0. The molecule has 0 amide bonds. The summed E-state index contributed by atoms with van der Waals surface area (Å²) in [5, 5.41) is 0. The van der Waals surface area contributed by atoms with E-state index in [1.165, 1.54) is 0 Å². The minimum absolute atomic E-state index is 0.651. The van der Waals surface area contributed by atoms with Crippen molar-refractivity contribution in [2.75, 3.05) is 0 Å². The van der Waals surface area contributed by atoms with Crippen LogP contribution in [-0.2, 0) is 7.87 Å². The fraction of sp³-hybridized carbons (Fsp3) is 0.929. The second-order valence-electron chi connectivity index (χ2n) is 5.38. The van der Waals surface area contributed by atoms with Crippen molar-refractivity contribution in [3.63, 3.8) is 0 Å². The molecule has 0 aliphatic heterocycles. The van der Waals surface area contributed by atoms with Gasteiger partial charge in [-0.2, -0.15) is 0 Å². The molecule has 0 radical (unpaired) electrons. The number of carbonyl (C=O) groups excluding carboxylic acids is 1. The summed E-state index contributed by atoms with van der Waals surface area (Å²) < 4.78 is 7.11. The van der Waals surface area contributed by atoms with Crippen molar-refractivity contribution in [3.8, 4) is 0 Å². The number of rotatable bonds is 10. The molecule has 2 nitrogen and oxygen atoms in total. The van der Waals surface area contributed by atoms with Gasteiger partial charge in [-0.1, -0.05) is 0 Å². The predicted octanol–water partition coefficient (Wildman–Crippen LogP) is 6.25. The van der Waals surface area contributed by atoms with Crippen molar-refractivity contribution in [2.45, 2.75) is 76.4 Å². The third kappa shape index (κ3) is 8.55. The van der Waals surface area contributed by atoms with Crippen LogP contribution in [-0.4, -0.2) is 28.6 Å². The standard InChI is InChI=1S/3C4H9.C2HCl3O2.Sn/c3*1-3-4-2;3-2(4,5)1(6)7;/h3*1,3-4H2,2H3;(H,6,7);/p-1. The summed E-state index contributed by atoms with van der Waals surface area (Å²) in [5.74, 6) is -0.651. The average Bonchev–Trinajstić information content (AvgIpc) is 2.39. The van der Waals surface area contributed by atoms with Crippen molar-refractivity contribution < 1.29 is 7.87 Å². The maximum absolute atomic E-state index is 12.0. The molecular weight excluding hydrogens is 425 g/mol. The van der Waals surface area contributed by atoms with E-state index in [1.54, 1.807) is 0 Å². The van der Waals surface area contributed by atoms with Crippen LogP contribution >= 0.6 is 34.8 Å². The van der Waals surface area contributed by atoms with Crippen LogP contribution in [0.1, 0.15) is 59.3 Å². The molecule has 0 aliphatic carbocycles. The molecule has 0 saturated heterocycles. The van der Waals surface area contributed by atoms with Crippen LogP contribution in [0, 0.1) is 0 Å². The first kappa shape index (κ1) is 21.1. The van der Waals surface area contributed by atoms with Gasteiger partial charge in [0.25, 0.3) is 0 Å². The van der Waals surface area contributed by atoms with Crippen LogP contribution in [0.2, 0.25) is 13.3 Å². The SMILES string of the molecule is CCC[CH2][Sn-]([CH2]CCC)([CH2]CCC)[O]C(=O)C(Cl)(Cl)Cl. The molecule has 0 aliphatic rings. The van der Waals surface area contributed by atoms with Gasteiger partial charge in [0.05, 0.1) is 0 Å². The summed E-state index contributed by atoms with van der Waals surface area (Å²) in [4.78, 5) is 12.0. The Labute approximate surface area is 143 Å². The molecule has 6 heteroatoms. The van der Waals surface area contributed by atoms with Crippen LogP contribution in [0.3, 0.4) is 0 Å². The number of hydrogen-bond acceptors (Lipinski definition) is 2. The first-order valence-corrected chi connectivity index (χ1v) is 16.0. The molecule has 20 heavy (non-hydrogen) atoms. The third-order valence-corrected chi connectivity index (χ3v) is 16.6. The molecule has 0 aromatic heterocycles. The number of hydrogen-bond donors (Lipinski definition) is 0. The number of halogens is 3. The number of carbonyl (C=O) groups is 1. The Bertz CT molecular complexity index is 258. The Morgan fingerprint density at radius 3 is 1.50 bits per heavy atom. The molecule has 0 N–H and O–H groups in total. The zero-order valence-electron chi connectivity index (χ0n) is 12.8. The Morgan fingerprint density at radius 2 is 1.25 bits per heavy atom. The summed E-state index contributed by atoms with van der Waals surface area (Å²) >= 11 is 14.1. The molecular formula is C14H27Cl3O2Sn-. The summed E-state index contributed by atoms with van der Waals surface area (Å²) in [6.07, 6.45) is 6.66. The summed E-state index contributed by atoms with van der Waals surface area (Å²) in [6.45, 7) is 6.48. The van der Waals surface area contributed by atoms with Crippen molar-refractivity contribution in [1.29, 1.82) is 0 Å². The molecule has 0 aromatic carbocycles. The molecule has 0 bridgehead atoms. The number of unbranched alkanes of at least 4 members (excludes halogenated alkanes) is 3. The molecule has 0 saturated carbocycles. The van der Waals surface area contributed by atoms with Gasteiger partial charge in [-0.3, -0.25) is 0 Å². The van der Waals surface area contributed by atoms with Crippen LogP contribution in [0.4, 0.5) is 0 Å². The van der Waals surface area contributed by atoms with Crippen LogP contribution in [0.25, 0.3) is 0 Å². The van der Waals surface area contributed by atoms with E-state index in [-0.39, 0.29) is 0 Å². The van der Waals surface area contributed by atoms with Gasteiger partial charge in [0.1, 0.15) is 0 Å². The van der Waals surface area contributed by atoms with Gasteiger partial charge in [0.15, 0.2) is 0 Å². The van der Waals surface area contributed by atoms with E-state index in [0.717, 1.165) is 51.8 Å². The van der Waals surface area contributed by atoms with Gasteiger partial charge in [0, 0.05) is 0 Å². The second kappa shape index (κ2) is 10.8. The van der Waals surface area contributed by atoms with Gasteiger partial charge >= 0.3 is 144 Å². The van der Waals surface area contributed by atoms with Crippen LogP contribution in [0.5, 0.6) is 0 Å². The van der Waals surface area contributed by atoms with E-state index in [1.807, 2.05) is 0 Å². The molecule has 121 valence electrons. The van der Waals surface area contributed by atoms with E-state index in [9.17, 15) is 4.79 Å². The van der Waals surface area contributed by atoms with Crippen molar-refractivity contribution in [3.05, 3.63) is 0 Å². The maximum atomic E-state index is 12.0. The zero-order valence-corrected chi connectivity index (χ0v) is 17.9. The Kier molecular flexibility index (Phi) is 11.4. The molecule has 0 heterocycles. The van der Waals surface area contributed by atoms with Crippen molar-refractivity contribution in [1.82, 2.24) is 0 Å². The molecule has 0 spiro atoms. The molecule has 0 rings (SSSR count). The van der Waals surface area contributed by atoms with Gasteiger partial charge in [-0.15, -0.1) is 0 Å². The van der Waals surface area contributed by atoms with Gasteiger partial charge in [-0.05, 0) is 0 Å². The van der Waals surface area contributed by atoms with Crippen molar-refractivity contribution in [2.24, 2.45) is 0 Å². The Morgan fingerprint density at radius 1 is 0.900 bits per heavy atom. The Balaban J connectivity index is 4.97. The third-order valence-electron chi connectivity index (χ3n) is 3.50. The molecule has 0 atom stereocenters. The minimum atomic E-state index is -2.99. The fourth-order valence-electron chi connectivity index (χ4n) is 2.28. The monoisotopic (exact) mass is 452 g/mol. The van der Waals surface area contributed by atoms with Gasteiger partial charge in [0.2, 0.25) is 0 Å². The Hall–Kier alpha value is 1.14. The topological polar surface area (TPSA) is 26.3 Å². The van der Waals surface area contributed by atoms with E-state index in [2.05, 4.69) is 20.8 Å². The second-order valence-corrected chi connectivity index (χ2v) is 19.3. The van der Waals surface area contributed by atoms with E-state index in [4.69, 9.17) is 37.9 Å². The van der Waals surface area contributed by atoms with Crippen LogP contribution in [0.15, 0.2) is 0 Å². The average molecular weight is 452 g/mol. The van der Waals surface area contributed by atoms with Gasteiger partial charge in [-0.25, -0.2) is 0 Å². The first-order chi connectivity index (χ1) is 9.31. The van der Waals surface area contributed by atoms with Crippen LogP contribution < -0.4 is 0 Å². The first-order valence-electron chi connectivity index (χ1n) is 7.61. The summed E-state index contributed by atoms with van der Waals surface area (Å²) in [7, 11) is 0. The van der Waals surface area contributed by atoms with Gasteiger partial charge < -0.3 is 0 Å². The van der Waals surface area contributed by atoms with E-state index < -0.39 is 28.6 Å². The van der Waals surface area contributed by atoms with E-state index in [0.29, 0.717) is 0 Å². The zero-order chi connectivity index (χ0) is 15.6. The fourth-order valence-corrected chi connectivity index (χ4v) is 16.1. The van der Waals surface area contributed by atoms with Crippen molar-refractivity contribution >= 4 is 59.6 Å². The molecule has 0 aromatic rings. The summed E-state index contributed by atoms with van der Waals surface area (Å²) in [5.41, 5.74) is 0. The molecule has 0 fully saturated rings. The molecule has 0 unspecified atom stereocenters. The normalized spacial score (nSPS) is 12.5. The quantitative estimate of drug-likeness (QED) is 0.290. The predicted molar refractivity (Wildman–Crippen MR) is 91.3 cm³/mol. The van der Waals surface area contributed by atoms with E-state index >= 15 is 0 Å².